The first kappa shape index (κ1) is 16.9. The summed E-state index contributed by atoms with van der Waals surface area (Å²) in [6.45, 7) is 1.36. The van der Waals surface area contributed by atoms with Crippen molar-refractivity contribution < 1.29 is 4.39 Å². The molecule has 1 aromatic heterocycles. The molecule has 2 rings (SSSR count). The van der Waals surface area contributed by atoms with Gasteiger partial charge in [-0.25, -0.2) is 9.37 Å². The maximum absolute atomic E-state index is 13.2. The lowest BCUT2D eigenvalue weighted by atomic mass is 10.2. The van der Waals surface area contributed by atoms with Gasteiger partial charge in [0.1, 0.15) is 5.82 Å². The zero-order chi connectivity index (χ0) is 11.2. The minimum absolute atomic E-state index is 0. The molecule has 6 heteroatoms. The predicted octanol–water partition coefficient (Wildman–Crippen LogP) is 2.72. The fourth-order valence-corrected chi connectivity index (χ4v) is 1.51. The Bertz CT molecular complexity index is 435. The van der Waals surface area contributed by atoms with Crippen LogP contribution in [0.3, 0.4) is 0 Å². The first-order valence-electron chi connectivity index (χ1n) is 5.27. The highest BCUT2D eigenvalue weighted by molar-refractivity contribution is 5.85. The van der Waals surface area contributed by atoms with Crippen LogP contribution in [-0.2, 0) is 13.0 Å². The van der Waals surface area contributed by atoms with Crippen LogP contribution < -0.4 is 5.32 Å². The maximum atomic E-state index is 13.2. The van der Waals surface area contributed by atoms with Crippen LogP contribution in [0.25, 0.3) is 0 Å². The van der Waals surface area contributed by atoms with Crippen LogP contribution in [0.1, 0.15) is 11.3 Å². The molecule has 2 aromatic rings. The first-order valence-corrected chi connectivity index (χ1v) is 5.27. The van der Waals surface area contributed by atoms with E-state index in [1.54, 1.807) is 24.7 Å². The van der Waals surface area contributed by atoms with Crippen molar-refractivity contribution in [2.75, 3.05) is 6.54 Å². The largest absolute Gasteiger partial charge is 0.348 e. The van der Waals surface area contributed by atoms with E-state index in [9.17, 15) is 4.39 Å². The van der Waals surface area contributed by atoms with Crippen molar-refractivity contribution in [3.05, 3.63) is 53.9 Å². The van der Waals surface area contributed by atoms with Crippen molar-refractivity contribution in [3.8, 4) is 0 Å². The molecule has 0 aliphatic carbocycles. The Kier molecular flexibility index (Phi) is 8.37. The number of rotatable bonds is 5. The van der Waals surface area contributed by atoms with Crippen LogP contribution in [0.4, 0.5) is 4.39 Å². The van der Waals surface area contributed by atoms with Gasteiger partial charge in [0.2, 0.25) is 0 Å². The Morgan fingerprint density at radius 3 is 2.67 bits per heavy atom. The highest BCUT2D eigenvalue weighted by Gasteiger charge is 1.99. The van der Waals surface area contributed by atoms with Gasteiger partial charge in [-0.05, 0) is 6.07 Å². The Labute approximate surface area is 118 Å². The number of aromatic amines is 1. The zero-order valence-corrected chi connectivity index (χ0v) is 11.4. The third-order valence-corrected chi connectivity index (χ3v) is 2.40. The minimum atomic E-state index is -0.156. The second kappa shape index (κ2) is 8.91. The molecule has 100 valence electrons. The summed E-state index contributed by atoms with van der Waals surface area (Å²) in [5, 5.41) is 3.19. The Morgan fingerprint density at radius 2 is 2.00 bits per heavy atom. The molecule has 0 spiro atoms. The molecule has 0 saturated carbocycles. The number of nitrogens with zero attached hydrogens (tertiary/aromatic N) is 1. The number of hydrogen-bond donors (Lipinski definition) is 2. The van der Waals surface area contributed by atoms with Gasteiger partial charge < -0.3 is 10.3 Å². The first-order chi connectivity index (χ1) is 7.86. The molecular formula is C12H16Cl2FN3. The third-order valence-electron chi connectivity index (χ3n) is 2.40. The van der Waals surface area contributed by atoms with Gasteiger partial charge in [0, 0.05) is 37.0 Å². The summed E-state index contributed by atoms with van der Waals surface area (Å²) in [6, 6.07) is 6.81. The van der Waals surface area contributed by atoms with E-state index in [1.807, 2.05) is 6.07 Å². The monoisotopic (exact) mass is 291 g/mol. The number of aromatic nitrogens is 2. The SMILES string of the molecule is Cl.Cl.Fc1ccccc1CNCCc1cnc[nH]1. The second-order valence-corrected chi connectivity index (χ2v) is 3.60. The average Bonchev–Trinajstić information content (AvgIpc) is 2.79. The Hall–Kier alpha value is -1.10. The molecule has 0 saturated heterocycles. The molecule has 0 aliphatic heterocycles. The topological polar surface area (TPSA) is 40.7 Å². The van der Waals surface area contributed by atoms with E-state index in [0.29, 0.717) is 12.1 Å². The van der Waals surface area contributed by atoms with Gasteiger partial charge >= 0.3 is 0 Å². The number of nitrogens with one attached hydrogen (secondary N) is 2. The standard InChI is InChI=1S/C12H14FN3.2ClH/c13-12-4-2-1-3-10(12)7-14-6-5-11-8-15-9-16-11;;/h1-4,8-9,14H,5-7H2,(H,15,16);2*1H. The summed E-state index contributed by atoms with van der Waals surface area (Å²) in [5.41, 5.74) is 1.79. The quantitative estimate of drug-likeness (QED) is 0.832. The number of imidazole rings is 1. The van der Waals surface area contributed by atoms with Crippen molar-refractivity contribution in [2.45, 2.75) is 13.0 Å². The van der Waals surface area contributed by atoms with E-state index in [-0.39, 0.29) is 30.6 Å². The number of halogens is 3. The maximum Gasteiger partial charge on any atom is 0.127 e. The van der Waals surface area contributed by atoms with Gasteiger partial charge in [0.25, 0.3) is 0 Å². The Morgan fingerprint density at radius 1 is 1.22 bits per heavy atom. The number of hydrogen-bond acceptors (Lipinski definition) is 2. The molecule has 0 unspecified atom stereocenters. The van der Waals surface area contributed by atoms with Crippen molar-refractivity contribution >= 4 is 24.8 Å². The van der Waals surface area contributed by atoms with Crippen LogP contribution >= 0.6 is 24.8 Å². The van der Waals surface area contributed by atoms with Gasteiger partial charge in [-0.3, -0.25) is 0 Å². The second-order valence-electron chi connectivity index (χ2n) is 3.60. The van der Waals surface area contributed by atoms with Crippen LogP contribution in [0, 0.1) is 5.82 Å². The van der Waals surface area contributed by atoms with E-state index in [1.165, 1.54) is 6.07 Å². The van der Waals surface area contributed by atoms with E-state index in [4.69, 9.17) is 0 Å². The molecular weight excluding hydrogens is 276 g/mol. The molecule has 1 heterocycles. The van der Waals surface area contributed by atoms with Crippen LogP contribution in [0.2, 0.25) is 0 Å². The van der Waals surface area contributed by atoms with Crippen molar-refractivity contribution in [3.63, 3.8) is 0 Å². The predicted molar refractivity (Wildman–Crippen MR) is 74.9 cm³/mol. The zero-order valence-electron chi connectivity index (χ0n) is 9.73. The lowest BCUT2D eigenvalue weighted by molar-refractivity contribution is 0.587. The fraction of sp³-hybridized carbons (Fsp3) is 0.250. The van der Waals surface area contributed by atoms with Gasteiger partial charge in [-0.15, -0.1) is 24.8 Å². The minimum Gasteiger partial charge on any atom is -0.348 e. The smallest absolute Gasteiger partial charge is 0.127 e. The molecule has 18 heavy (non-hydrogen) atoms. The van der Waals surface area contributed by atoms with Gasteiger partial charge in [0.05, 0.1) is 6.33 Å². The van der Waals surface area contributed by atoms with E-state index < -0.39 is 0 Å². The van der Waals surface area contributed by atoms with Gasteiger partial charge in [-0.2, -0.15) is 0 Å². The summed E-state index contributed by atoms with van der Waals surface area (Å²) >= 11 is 0. The summed E-state index contributed by atoms with van der Waals surface area (Å²) in [6.07, 6.45) is 4.32. The van der Waals surface area contributed by atoms with Crippen LogP contribution in [-0.4, -0.2) is 16.5 Å². The summed E-state index contributed by atoms with van der Waals surface area (Å²) in [7, 11) is 0. The molecule has 0 bridgehead atoms. The number of H-pyrrole nitrogens is 1. The number of benzene rings is 1. The van der Waals surface area contributed by atoms with E-state index in [2.05, 4.69) is 15.3 Å². The lowest BCUT2D eigenvalue weighted by Crippen LogP contribution is -2.17. The molecule has 1 aromatic carbocycles. The molecule has 0 radical (unpaired) electrons. The van der Waals surface area contributed by atoms with Gasteiger partial charge in [-0.1, -0.05) is 18.2 Å². The molecule has 3 nitrogen and oxygen atoms in total. The van der Waals surface area contributed by atoms with Crippen LogP contribution in [0.15, 0.2) is 36.8 Å². The van der Waals surface area contributed by atoms with Crippen molar-refractivity contribution in [2.24, 2.45) is 0 Å². The van der Waals surface area contributed by atoms with Crippen LogP contribution in [0.5, 0.6) is 0 Å². The van der Waals surface area contributed by atoms with Crippen molar-refractivity contribution in [1.82, 2.24) is 15.3 Å². The van der Waals surface area contributed by atoms with Gasteiger partial charge in [0.15, 0.2) is 0 Å². The highest BCUT2D eigenvalue weighted by Crippen LogP contribution is 2.05. The molecule has 0 atom stereocenters. The molecule has 0 fully saturated rings. The lowest BCUT2D eigenvalue weighted by Gasteiger charge is -2.04. The summed E-state index contributed by atoms with van der Waals surface area (Å²) < 4.78 is 13.2. The average molecular weight is 292 g/mol. The van der Waals surface area contributed by atoms with E-state index in [0.717, 1.165) is 18.7 Å². The third kappa shape index (κ3) is 5.04. The van der Waals surface area contributed by atoms with Crippen molar-refractivity contribution in [1.29, 1.82) is 0 Å². The molecule has 2 N–H and O–H groups in total. The fourth-order valence-electron chi connectivity index (χ4n) is 1.51. The summed E-state index contributed by atoms with van der Waals surface area (Å²) in [4.78, 5) is 6.95. The highest BCUT2D eigenvalue weighted by atomic mass is 35.5. The summed E-state index contributed by atoms with van der Waals surface area (Å²) in [5.74, 6) is -0.156. The Balaban J connectivity index is 0.00000144. The molecule has 0 amide bonds. The normalized spacial score (nSPS) is 9.39. The van der Waals surface area contributed by atoms with E-state index >= 15 is 0 Å². The molecule has 0 aliphatic rings.